The SMILES string of the molecule is CCCC/C=C/OC=O. The molecule has 2 heteroatoms. The molecule has 0 aromatic carbocycles. The van der Waals surface area contributed by atoms with Crippen LogP contribution in [0.3, 0.4) is 0 Å². The van der Waals surface area contributed by atoms with Gasteiger partial charge in [-0.2, -0.15) is 0 Å². The number of carbonyl (C=O) groups excluding carboxylic acids is 1. The first kappa shape index (κ1) is 8.21. The molecule has 2 nitrogen and oxygen atoms in total. The molecule has 0 N–H and O–H groups in total. The van der Waals surface area contributed by atoms with Gasteiger partial charge in [0.15, 0.2) is 0 Å². The summed E-state index contributed by atoms with van der Waals surface area (Å²) < 4.78 is 4.32. The van der Waals surface area contributed by atoms with E-state index in [1.165, 1.54) is 12.7 Å². The van der Waals surface area contributed by atoms with E-state index < -0.39 is 0 Å². The molecule has 0 saturated heterocycles. The fourth-order valence-corrected chi connectivity index (χ4v) is 0.478. The Morgan fingerprint density at radius 3 is 2.89 bits per heavy atom. The maximum atomic E-state index is 9.56. The Kier molecular flexibility index (Phi) is 6.58. The highest BCUT2D eigenvalue weighted by Gasteiger charge is 1.76. The number of hydrogen-bond donors (Lipinski definition) is 0. The van der Waals surface area contributed by atoms with E-state index in [9.17, 15) is 4.79 Å². The fraction of sp³-hybridized carbons (Fsp3) is 0.571. The Hall–Kier alpha value is -0.790. The van der Waals surface area contributed by atoms with Crippen LogP contribution >= 0.6 is 0 Å². The van der Waals surface area contributed by atoms with Crippen molar-refractivity contribution < 1.29 is 9.53 Å². The van der Waals surface area contributed by atoms with Crippen LogP contribution in [0.4, 0.5) is 0 Å². The second-order valence-corrected chi connectivity index (χ2v) is 1.75. The number of carbonyl (C=O) groups is 1. The molecule has 0 fully saturated rings. The number of hydrogen-bond acceptors (Lipinski definition) is 2. The first-order chi connectivity index (χ1) is 4.41. The Morgan fingerprint density at radius 2 is 2.33 bits per heavy atom. The van der Waals surface area contributed by atoms with Crippen LogP contribution in [0.2, 0.25) is 0 Å². The molecule has 0 aromatic rings. The maximum absolute atomic E-state index is 9.56. The highest BCUT2D eigenvalue weighted by atomic mass is 16.5. The van der Waals surface area contributed by atoms with Crippen molar-refractivity contribution in [3.05, 3.63) is 12.3 Å². The van der Waals surface area contributed by atoms with Crippen molar-refractivity contribution in [1.29, 1.82) is 0 Å². The smallest absolute Gasteiger partial charge is 0.297 e. The van der Waals surface area contributed by atoms with Crippen molar-refractivity contribution in [2.75, 3.05) is 0 Å². The Labute approximate surface area is 55.5 Å². The van der Waals surface area contributed by atoms with Gasteiger partial charge in [-0.15, -0.1) is 0 Å². The molecule has 52 valence electrons. The van der Waals surface area contributed by atoms with Crippen LogP contribution in [-0.4, -0.2) is 6.47 Å². The molecule has 0 heterocycles. The average molecular weight is 128 g/mol. The second-order valence-electron chi connectivity index (χ2n) is 1.75. The van der Waals surface area contributed by atoms with Crippen molar-refractivity contribution in [3.8, 4) is 0 Å². The summed E-state index contributed by atoms with van der Waals surface area (Å²) in [6.07, 6.45) is 6.58. The Balaban J connectivity index is 2.94. The Bertz CT molecular complexity index is 86.9. The van der Waals surface area contributed by atoms with E-state index in [2.05, 4.69) is 11.7 Å². The van der Waals surface area contributed by atoms with Crippen LogP contribution in [0.15, 0.2) is 12.3 Å². The average Bonchev–Trinajstić information content (AvgIpc) is 1.89. The van der Waals surface area contributed by atoms with Crippen LogP contribution < -0.4 is 0 Å². The van der Waals surface area contributed by atoms with Crippen LogP contribution in [0.25, 0.3) is 0 Å². The van der Waals surface area contributed by atoms with Crippen LogP contribution in [-0.2, 0) is 9.53 Å². The lowest BCUT2D eigenvalue weighted by Crippen LogP contribution is -1.72. The number of allylic oxidation sites excluding steroid dienone is 1. The molecule has 0 unspecified atom stereocenters. The monoisotopic (exact) mass is 128 g/mol. The maximum Gasteiger partial charge on any atom is 0.297 e. The normalized spacial score (nSPS) is 9.89. The summed E-state index contributed by atoms with van der Waals surface area (Å²) in [5.74, 6) is 0. The van der Waals surface area contributed by atoms with Gasteiger partial charge in [-0.05, 0) is 18.9 Å². The molecule has 9 heavy (non-hydrogen) atoms. The highest BCUT2D eigenvalue weighted by Crippen LogP contribution is 1.93. The lowest BCUT2D eigenvalue weighted by Gasteiger charge is -1.86. The van der Waals surface area contributed by atoms with Crippen molar-refractivity contribution >= 4 is 6.47 Å². The van der Waals surface area contributed by atoms with Gasteiger partial charge in [0.05, 0.1) is 6.26 Å². The molecule has 0 spiro atoms. The lowest BCUT2D eigenvalue weighted by molar-refractivity contribution is -0.123. The molecule has 0 aliphatic rings. The van der Waals surface area contributed by atoms with Gasteiger partial charge < -0.3 is 4.74 Å². The van der Waals surface area contributed by atoms with E-state index in [0.717, 1.165) is 12.8 Å². The molecule has 0 saturated carbocycles. The summed E-state index contributed by atoms with van der Waals surface area (Å²) in [5, 5.41) is 0. The van der Waals surface area contributed by atoms with Gasteiger partial charge in [0.1, 0.15) is 0 Å². The summed E-state index contributed by atoms with van der Waals surface area (Å²) in [7, 11) is 0. The molecule has 0 aromatic heterocycles. The van der Waals surface area contributed by atoms with E-state index in [0.29, 0.717) is 6.47 Å². The first-order valence-corrected chi connectivity index (χ1v) is 3.16. The molecular weight excluding hydrogens is 116 g/mol. The minimum absolute atomic E-state index is 0.419. The first-order valence-electron chi connectivity index (χ1n) is 3.16. The van der Waals surface area contributed by atoms with E-state index in [-0.39, 0.29) is 0 Å². The van der Waals surface area contributed by atoms with Crippen molar-refractivity contribution in [2.24, 2.45) is 0 Å². The van der Waals surface area contributed by atoms with Gasteiger partial charge in [0.2, 0.25) is 0 Å². The second kappa shape index (κ2) is 7.21. The summed E-state index contributed by atoms with van der Waals surface area (Å²) in [6, 6.07) is 0. The standard InChI is InChI=1S/C7H12O2/c1-2-3-4-5-6-9-7-8/h5-7H,2-4H2,1H3/b6-5+. The zero-order valence-corrected chi connectivity index (χ0v) is 5.67. The van der Waals surface area contributed by atoms with Crippen molar-refractivity contribution in [2.45, 2.75) is 26.2 Å². The van der Waals surface area contributed by atoms with Crippen molar-refractivity contribution in [3.63, 3.8) is 0 Å². The number of ether oxygens (including phenoxy) is 1. The minimum Gasteiger partial charge on any atom is -0.437 e. The number of unbranched alkanes of at least 4 members (excludes halogenated alkanes) is 2. The third kappa shape index (κ3) is 7.21. The molecule has 0 aliphatic heterocycles. The zero-order valence-electron chi connectivity index (χ0n) is 5.67. The van der Waals surface area contributed by atoms with Gasteiger partial charge in [-0.25, -0.2) is 0 Å². The van der Waals surface area contributed by atoms with Gasteiger partial charge in [0, 0.05) is 0 Å². The van der Waals surface area contributed by atoms with E-state index in [4.69, 9.17) is 0 Å². The van der Waals surface area contributed by atoms with Gasteiger partial charge >= 0.3 is 0 Å². The topological polar surface area (TPSA) is 26.3 Å². The quantitative estimate of drug-likeness (QED) is 0.321. The third-order valence-corrected chi connectivity index (χ3v) is 0.955. The molecule has 0 bridgehead atoms. The largest absolute Gasteiger partial charge is 0.437 e. The highest BCUT2D eigenvalue weighted by molar-refractivity contribution is 5.38. The minimum atomic E-state index is 0.419. The van der Waals surface area contributed by atoms with Crippen LogP contribution in [0.5, 0.6) is 0 Å². The molecule has 0 atom stereocenters. The summed E-state index contributed by atoms with van der Waals surface area (Å²) in [6.45, 7) is 2.54. The van der Waals surface area contributed by atoms with E-state index in [1.807, 2.05) is 6.08 Å². The van der Waals surface area contributed by atoms with E-state index in [1.54, 1.807) is 0 Å². The zero-order chi connectivity index (χ0) is 6.95. The predicted molar refractivity (Wildman–Crippen MR) is 35.8 cm³/mol. The van der Waals surface area contributed by atoms with Crippen LogP contribution in [0, 0.1) is 0 Å². The predicted octanol–water partition coefficient (Wildman–Crippen LogP) is 1.86. The van der Waals surface area contributed by atoms with Gasteiger partial charge in [-0.1, -0.05) is 13.3 Å². The fourth-order valence-electron chi connectivity index (χ4n) is 0.478. The van der Waals surface area contributed by atoms with Gasteiger partial charge in [0.25, 0.3) is 6.47 Å². The van der Waals surface area contributed by atoms with Crippen LogP contribution in [0.1, 0.15) is 26.2 Å². The van der Waals surface area contributed by atoms with E-state index >= 15 is 0 Å². The van der Waals surface area contributed by atoms with Gasteiger partial charge in [-0.3, -0.25) is 4.79 Å². The molecule has 0 amide bonds. The van der Waals surface area contributed by atoms with Crippen molar-refractivity contribution in [1.82, 2.24) is 0 Å². The number of rotatable bonds is 5. The third-order valence-electron chi connectivity index (χ3n) is 0.955. The summed E-state index contributed by atoms with van der Waals surface area (Å²) >= 11 is 0. The summed E-state index contributed by atoms with van der Waals surface area (Å²) in [5.41, 5.74) is 0. The lowest BCUT2D eigenvalue weighted by atomic mass is 10.2. The Morgan fingerprint density at radius 1 is 1.56 bits per heavy atom. The molecule has 0 rings (SSSR count). The summed E-state index contributed by atoms with van der Waals surface area (Å²) in [4.78, 5) is 9.56. The molecular formula is C7H12O2. The molecule has 0 radical (unpaired) electrons. The molecule has 0 aliphatic carbocycles.